The van der Waals surface area contributed by atoms with Crippen molar-refractivity contribution in [2.75, 3.05) is 0 Å². The van der Waals surface area contributed by atoms with Crippen LogP contribution in [-0.2, 0) is 6.61 Å². The lowest BCUT2D eigenvalue weighted by Gasteiger charge is -2.09. The summed E-state index contributed by atoms with van der Waals surface area (Å²) in [6.45, 7) is -0.217. The van der Waals surface area contributed by atoms with Crippen molar-refractivity contribution in [3.8, 4) is 5.75 Å². The van der Waals surface area contributed by atoms with Gasteiger partial charge in [-0.3, -0.25) is 0 Å². The summed E-state index contributed by atoms with van der Waals surface area (Å²) in [5, 5.41) is 9.04. The van der Waals surface area contributed by atoms with E-state index in [2.05, 4.69) is 9.97 Å². The number of hydrogen-bond acceptors (Lipinski definition) is 4. The number of carboxylic acid groups (broad SMARTS) is 1. The second-order valence-electron chi connectivity index (χ2n) is 3.53. The van der Waals surface area contributed by atoms with Crippen LogP contribution >= 0.6 is 11.6 Å². The van der Waals surface area contributed by atoms with E-state index >= 15 is 0 Å². The van der Waals surface area contributed by atoms with Crippen LogP contribution < -0.4 is 4.74 Å². The minimum absolute atomic E-state index is 0.102. The molecule has 1 aromatic heterocycles. The lowest BCUT2D eigenvalue weighted by Crippen LogP contribution is -2.09. The highest BCUT2D eigenvalue weighted by atomic mass is 35.5. The Kier molecular flexibility index (Phi) is 3.91. The molecule has 1 N–H and O–H groups in total. The number of nitrogens with zero attached hydrogens (tertiary/aromatic N) is 2. The SMILES string of the molecule is O=C(O)c1cncnc1COc1c(F)cccc1Cl. The summed E-state index contributed by atoms with van der Waals surface area (Å²) in [6.07, 6.45) is 2.34. The fourth-order valence-corrected chi connectivity index (χ4v) is 1.63. The van der Waals surface area contributed by atoms with Crippen LogP contribution in [0.2, 0.25) is 5.02 Å². The van der Waals surface area contributed by atoms with E-state index in [0.29, 0.717) is 0 Å². The maximum Gasteiger partial charge on any atom is 0.339 e. The number of benzene rings is 1. The third kappa shape index (κ3) is 2.97. The van der Waals surface area contributed by atoms with E-state index in [-0.39, 0.29) is 28.6 Å². The Morgan fingerprint density at radius 2 is 2.26 bits per heavy atom. The largest absolute Gasteiger partial charge is 0.483 e. The lowest BCUT2D eigenvalue weighted by molar-refractivity contribution is 0.0692. The number of aromatic nitrogens is 2. The molecule has 19 heavy (non-hydrogen) atoms. The number of para-hydroxylation sites is 1. The molecular weight excluding hydrogens is 275 g/mol. The zero-order valence-electron chi connectivity index (χ0n) is 9.51. The van der Waals surface area contributed by atoms with Gasteiger partial charge in [-0.25, -0.2) is 19.2 Å². The van der Waals surface area contributed by atoms with Gasteiger partial charge in [0.1, 0.15) is 18.5 Å². The van der Waals surface area contributed by atoms with E-state index < -0.39 is 11.8 Å². The van der Waals surface area contributed by atoms with Crippen LogP contribution in [-0.4, -0.2) is 21.0 Å². The van der Waals surface area contributed by atoms with Crippen molar-refractivity contribution in [3.63, 3.8) is 0 Å². The van der Waals surface area contributed by atoms with Gasteiger partial charge in [0.25, 0.3) is 0 Å². The second-order valence-corrected chi connectivity index (χ2v) is 3.93. The molecule has 0 aliphatic carbocycles. The quantitative estimate of drug-likeness (QED) is 0.933. The third-order valence-electron chi connectivity index (χ3n) is 2.30. The summed E-state index contributed by atoms with van der Waals surface area (Å²) in [5.41, 5.74) is 0.0387. The van der Waals surface area contributed by atoms with Gasteiger partial charge >= 0.3 is 5.97 Å². The predicted molar refractivity (Wildman–Crippen MR) is 64.7 cm³/mol. The highest BCUT2D eigenvalue weighted by Crippen LogP contribution is 2.28. The Morgan fingerprint density at radius 1 is 1.47 bits per heavy atom. The minimum Gasteiger partial charge on any atom is -0.483 e. The molecule has 98 valence electrons. The molecule has 0 saturated carbocycles. The number of halogens is 2. The van der Waals surface area contributed by atoms with Gasteiger partial charge in [-0.1, -0.05) is 17.7 Å². The second kappa shape index (κ2) is 5.62. The summed E-state index contributed by atoms with van der Waals surface area (Å²) >= 11 is 5.78. The van der Waals surface area contributed by atoms with Crippen LogP contribution in [0.1, 0.15) is 16.1 Å². The molecule has 0 bridgehead atoms. The summed E-state index contributed by atoms with van der Waals surface area (Å²) in [6, 6.07) is 4.11. The zero-order valence-corrected chi connectivity index (χ0v) is 10.3. The summed E-state index contributed by atoms with van der Waals surface area (Å²) in [5.74, 6) is -1.95. The van der Waals surface area contributed by atoms with E-state index in [9.17, 15) is 9.18 Å². The van der Waals surface area contributed by atoms with Gasteiger partial charge in [0.2, 0.25) is 0 Å². The van der Waals surface area contributed by atoms with E-state index in [1.807, 2.05) is 0 Å². The normalized spacial score (nSPS) is 10.2. The van der Waals surface area contributed by atoms with Gasteiger partial charge < -0.3 is 9.84 Å². The van der Waals surface area contributed by atoms with E-state index in [0.717, 1.165) is 6.20 Å². The Hall–Kier alpha value is -2.21. The predicted octanol–water partition coefficient (Wildman–Crippen LogP) is 2.55. The molecule has 0 unspecified atom stereocenters. The standard InChI is InChI=1S/C12H8ClFN2O3/c13-8-2-1-3-9(14)11(8)19-5-10-7(12(17)18)4-15-6-16-10/h1-4,6H,5H2,(H,17,18). The highest BCUT2D eigenvalue weighted by molar-refractivity contribution is 6.32. The van der Waals surface area contributed by atoms with Crippen LogP contribution in [0.15, 0.2) is 30.7 Å². The van der Waals surface area contributed by atoms with Crippen LogP contribution in [0.5, 0.6) is 5.75 Å². The molecule has 0 aliphatic heterocycles. The molecule has 1 aromatic carbocycles. The van der Waals surface area contributed by atoms with Crippen molar-refractivity contribution in [2.24, 2.45) is 0 Å². The van der Waals surface area contributed by atoms with E-state index in [1.165, 1.54) is 24.5 Å². The van der Waals surface area contributed by atoms with Gasteiger partial charge in [0.05, 0.1) is 10.7 Å². The molecule has 7 heteroatoms. The molecule has 5 nitrogen and oxygen atoms in total. The third-order valence-corrected chi connectivity index (χ3v) is 2.59. The number of carboxylic acids is 1. The fraction of sp³-hybridized carbons (Fsp3) is 0.0833. The first-order chi connectivity index (χ1) is 9.09. The summed E-state index contributed by atoms with van der Waals surface area (Å²) < 4.78 is 18.6. The monoisotopic (exact) mass is 282 g/mol. The average Bonchev–Trinajstić information content (AvgIpc) is 2.38. The lowest BCUT2D eigenvalue weighted by atomic mass is 10.2. The summed E-state index contributed by atoms with van der Waals surface area (Å²) in [4.78, 5) is 18.3. The number of hydrogen-bond donors (Lipinski definition) is 1. The summed E-state index contributed by atoms with van der Waals surface area (Å²) in [7, 11) is 0. The molecule has 0 spiro atoms. The molecular formula is C12H8ClFN2O3. The van der Waals surface area contributed by atoms with Crippen LogP contribution in [0, 0.1) is 5.82 Å². The van der Waals surface area contributed by atoms with Gasteiger partial charge in [-0.05, 0) is 12.1 Å². The number of aromatic carboxylic acids is 1. The average molecular weight is 283 g/mol. The van der Waals surface area contributed by atoms with Crippen molar-refractivity contribution in [1.29, 1.82) is 0 Å². The van der Waals surface area contributed by atoms with Gasteiger partial charge in [0.15, 0.2) is 11.6 Å². The molecule has 0 radical (unpaired) electrons. The van der Waals surface area contributed by atoms with Crippen LogP contribution in [0.25, 0.3) is 0 Å². The first-order valence-corrected chi connectivity index (χ1v) is 5.56. The van der Waals surface area contributed by atoms with E-state index in [1.54, 1.807) is 0 Å². The van der Waals surface area contributed by atoms with Gasteiger partial charge in [-0.2, -0.15) is 0 Å². The smallest absolute Gasteiger partial charge is 0.339 e. The number of carbonyl (C=O) groups is 1. The molecule has 0 saturated heterocycles. The van der Waals surface area contributed by atoms with Crippen molar-refractivity contribution in [1.82, 2.24) is 9.97 Å². The molecule has 0 fully saturated rings. The Labute approximate surface area is 112 Å². The molecule has 0 atom stereocenters. The maximum atomic E-state index is 13.5. The van der Waals surface area contributed by atoms with Crippen LogP contribution in [0.3, 0.4) is 0 Å². The molecule has 0 amide bonds. The van der Waals surface area contributed by atoms with Crippen molar-refractivity contribution >= 4 is 17.6 Å². The van der Waals surface area contributed by atoms with E-state index in [4.69, 9.17) is 21.4 Å². The Bertz CT molecular complexity index is 601. The van der Waals surface area contributed by atoms with Gasteiger partial charge in [-0.15, -0.1) is 0 Å². The molecule has 1 heterocycles. The van der Waals surface area contributed by atoms with Crippen molar-refractivity contribution in [3.05, 3.63) is 52.8 Å². The molecule has 0 aliphatic rings. The Balaban J connectivity index is 2.22. The first kappa shape index (κ1) is 13.2. The zero-order chi connectivity index (χ0) is 13.8. The van der Waals surface area contributed by atoms with Gasteiger partial charge in [0, 0.05) is 6.20 Å². The molecule has 2 aromatic rings. The Morgan fingerprint density at radius 3 is 2.95 bits per heavy atom. The topological polar surface area (TPSA) is 72.3 Å². The number of rotatable bonds is 4. The first-order valence-electron chi connectivity index (χ1n) is 5.18. The number of ether oxygens (including phenoxy) is 1. The highest BCUT2D eigenvalue weighted by Gasteiger charge is 2.14. The fourth-order valence-electron chi connectivity index (χ4n) is 1.41. The van der Waals surface area contributed by atoms with Crippen molar-refractivity contribution < 1.29 is 19.0 Å². The maximum absolute atomic E-state index is 13.5. The van der Waals surface area contributed by atoms with Crippen LogP contribution in [0.4, 0.5) is 4.39 Å². The van der Waals surface area contributed by atoms with Crippen molar-refractivity contribution in [2.45, 2.75) is 6.61 Å². The molecule has 2 rings (SSSR count). The minimum atomic E-state index is -1.18.